The first kappa shape index (κ1) is 20.9. The topological polar surface area (TPSA) is 75.7 Å². The lowest BCUT2D eigenvalue weighted by Crippen LogP contribution is -2.40. The summed E-state index contributed by atoms with van der Waals surface area (Å²) in [6.45, 7) is 0.766. The second kappa shape index (κ2) is 8.30. The lowest BCUT2D eigenvalue weighted by molar-refractivity contribution is 0.0730. The van der Waals surface area contributed by atoms with Gasteiger partial charge in [-0.1, -0.05) is 23.2 Å². The zero-order valence-electron chi connectivity index (χ0n) is 14.2. The number of sulfonamides is 1. The van der Waals surface area contributed by atoms with Crippen molar-refractivity contribution in [1.82, 2.24) is 4.31 Å². The predicted molar refractivity (Wildman–Crippen MR) is 100 cm³/mol. The number of hydrogen-bond acceptors (Lipinski definition) is 4. The molecule has 11 heteroatoms. The van der Waals surface area contributed by atoms with Crippen LogP contribution < -0.4 is 5.32 Å². The van der Waals surface area contributed by atoms with E-state index < -0.39 is 27.6 Å². The van der Waals surface area contributed by atoms with E-state index in [9.17, 15) is 22.0 Å². The minimum absolute atomic E-state index is 0.111. The highest BCUT2D eigenvalue weighted by Crippen LogP contribution is 2.31. The SMILES string of the molecule is O=C(Nc1cc(F)cc(F)c1)c1cc(S(=O)(=O)N2CCOCC2)c(Cl)cc1Cl. The minimum Gasteiger partial charge on any atom is -0.379 e. The Morgan fingerprint density at radius 2 is 1.61 bits per heavy atom. The first-order chi connectivity index (χ1) is 13.2. The third-order valence-electron chi connectivity index (χ3n) is 3.97. The molecular weight excluding hydrogens is 437 g/mol. The van der Waals surface area contributed by atoms with Gasteiger partial charge in [-0.05, 0) is 24.3 Å². The van der Waals surface area contributed by atoms with E-state index in [4.69, 9.17) is 27.9 Å². The normalized spacial score (nSPS) is 15.4. The quantitative estimate of drug-likeness (QED) is 0.772. The number of nitrogens with zero attached hydrogens (tertiary/aromatic N) is 1. The Bertz CT molecular complexity index is 1010. The van der Waals surface area contributed by atoms with Crippen LogP contribution in [-0.4, -0.2) is 44.9 Å². The first-order valence-electron chi connectivity index (χ1n) is 8.03. The Kier molecular flexibility index (Phi) is 6.21. The lowest BCUT2D eigenvalue weighted by Gasteiger charge is -2.26. The summed E-state index contributed by atoms with van der Waals surface area (Å²) in [5.74, 6) is -2.61. The maximum Gasteiger partial charge on any atom is 0.257 e. The van der Waals surface area contributed by atoms with Crippen molar-refractivity contribution in [3.05, 3.63) is 57.6 Å². The van der Waals surface area contributed by atoms with E-state index in [1.54, 1.807) is 0 Å². The van der Waals surface area contributed by atoms with Crippen LogP contribution in [0.4, 0.5) is 14.5 Å². The highest BCUT2D eigenvalue weighted by molar-refractivity contribution is 7.89. The molecule has 1 heterocycles. The van der Waals surface area contributed by atoms with Gasteiger partial charge < -0.3 is 10.1 Å². The van der Waals surface area contributed by atoms with Gasteiger partial charge in [-0.3, -0.25) is 4.79 Å². The molecule has 150 valence electrons. The molecule has 1 saturated heterocycles. The molecule has 2 aromatic rings. The molecule has 1 aliphatic heterocycles. The van der Waals surface area contributed by atoms with E-state index in [0.29, 0.717) is 6.07 Å². The summed E-state index contributed by atoms with van der Waals surface area (Å²) in [5, 5.41) is 2.02. The van der Waals surface area contributed by atoms with Crippen molar-refractivity contribution >= 4 is 44.8 Å². The van der Waals surface area contributed by atoms with Crippen LogP contribution in [0.25, 0.3) is 0 Å². The molecule has 3 rings (SSSR count). The summed E-state index contributed by atoms with van der Waals surface area (Å²) in [4.78, 5) is 12.2. The molecule has 1 aliphatic rings. The van der Waals surface area contributed by atoms with Crippen LogP contribution in [0.1, 0.15) is 10.4 Å². The van der Waals surface area contributed by atoms with Gasteiger partial charge in [0.2, 0.25) is 10.0 Å². The zero-order valence-corrected chi connectivity index (χ0v) is 16.5. The van der Waals surface area contributed by atoms with Crippen LogP contribution in [0, 0.1) is 11.6 Å². The molecule has 1 N–H and O–H groups in total. The van der Waals surface area contributed by atoms with E-state index in [-0.39, 0.29) is 52.5 Å². The number of ether oxygens (including phenoxy) is 1. The van der Waals surface area contributed by atoms with Gasteiger partial charge in [-0.2, -0.15) is 4.31 Å². The van der Waals surface area contributed by atoms with Crippen LogP contribution >= 0.6 is 23.2 Å². The summed E-state index contributed by atoms with van der Waals surface area (Å²) in [5.41, 5.74) is -0.353. The number of nitrogens with one attached hydrogen (secondary N) is 1. The minimum atomic E-state index is -3.99. The van der Waals surface area contributed by atoms with Gasteiger partial charge in [0.1, 0.15) is 16.5 Å². The van der Waals surface area contributed by atoms with Crippen LogP contribution in [0.5, 0.6) is 0 Å². The van der Waals surface area contributed by atoms with E-state index in [1.807, 2.05) is 0 Å². The van der Waals surface area contributed by atoms with E-state index in [0.717, 1.165) is 24.3 Å². The predicted octanol–water partition coefficient (Wildman–Crippen LogP) is 3.54. The van der Waals surface area contributed by atoms with Crippen molar-refractivity contribution in [1.29, 1.82) is 0 Å². The van der Waals surface area contributed by atoms with Crippen molar-refractivity contribution in [2.24, 2.45) is 0 Å². The highest BCUT2D eigenvalue weighted by Gasteiger charge is 2.30. The summed E-state index contributed by atoms with van der Waals surface area (Å²) in [6, 6.07) is 4.66. The van der Waals surface area contributed by atoms with Gasteiger partial charge in [-0.25, -0.2) is 17.2 Å². The van der Waals surface area contributed by atoms with Gasteiger partial charge in [-0.15, -0.1) is 0 Å². The highest BCUT2D eigenvalue weighted by atomic mass is 35.5. The molecule has 1 amide bonds. The molecule has 0 bridgehead atoms. The first-order valence-corrected chi connectivity index (χ1v) is 10.2. The molecule has 0 atom stereocenters. The molecule has 0 radical (unpaired) electrons. The molecular formula is C17H14Cl2F2N2O4S. The van der Waals surface area contributed by atoms with Crippen LogP contribution in [-0.2, 0) is 14.8 Å². The molecule has 6 nitrogen and oxygen atoms in total. The number of halogens is 4. The fourth-order valence-electron chi connectivity index (χ4n) is 2.65. The van der Waals surface area contributed by atoms with Gasteiger partial charge in [0.15, 0.2) is 0 Å². The fraction of sp³-hybridized carbons (Fsp3) is 0.235. The van der Waals surface area contributed by atoms with Gasteiger partial charge in [0, 0.05) is 24.8 Å². The summed E-state index contributed by atoms with van der Waals surface area (Å²) in [6.07, 6.45) is 0. The van der Waals surface area contributed by atoms with E-state index in [1.165, 1.54) is 4.31 Å². The molecule has 0 spiro atoms. The number of carbonyl (C=O) groups excluding carboxylic acids is 1. The third kappa shape index (κ3) is 4.44. The second-order valence-corrected chi connectivity index (χ2v) is 8.61. The maximum atomic E-state index is 13.3. The number of benzene rings is 2. The zero-order chi connectivity index (χ0) is 20.5. The van der Waals surface area contributed by atoms with Crippen molar-refractivity contribution in [2.45, 2.75) is 4.90 Å². The molecule has 0 aliphatic carbocycles. The summed E-state index contributed by atoms with van der Waals surface area (Å²) < 4.78 is 58.7. The third-order valence-corrected chi connectivity index (χ3v) is 6.65. The largest absolute Gasteiger partial charge is 0.379 e. The van der Waals surface area contributed by atoms with Crippen molar-refractivity contribution in [2.75, 3.05) is 31.6 Å². The van der Waals surface area contributed by atoms with Crippen LogP contribution in [0.2, 0.25) is 10.0 Å². The van der Waals surface area contributed by atoms with E-state index >= 15 is 0 Å². The Morgan fingerprint density at radius 1 is 1.00 bits per heavy atom. The summed E-state index contributed by atoms with van der Waals surface area (Å²) >= 11 is 12.1. The lowest BCUT2D eigenvalue weighted by atomic mass is 10.2. The van der Waals surface area contributed by atoms with Crippen molar-refractivity contribution in [3.8, 4) is 0 Å². The average Bonchev–Trinajstić information content (AvgIpc) is 2.61. The number of carbonyl (C=O) groups is 1. The van der Waals surface area contributed by atoms with Crippen LogP contribution in [0.3, 0.4) is 0 Å². The number of amides is 1. The Balaban J connectivity index is 1.95. The molecule has 0 saturated carbocycles. The van der Waals surface area contributed by atoms with E-state index in [2.05, 4.69) is 5.32 Å². The standard InChI is InChI=1S/C17H14Cl2F2N2O4S/c18-14-9-15(19)16(28(25,26)23-1-3-27-4-2-23)8-13(14)17(24)22-12-6-10(20)5-11(21)7-12/h5-9H,1-4H2,(H,22,24). The summed E-state index contributed by atoms with van der Waals surface area (Å²) in [7, 11) is -3.99. The molecule has 28 heavy (non-hydrogen) atoms. The number of rotatable bonds is 4. The monoisotopic (exact) mass is 450 g/mol. The van der Waals surface area contributed by atoms with Crippen molar-refractivity contribution < 1.29 is 26.7 Å². The number of morpholine rings is 1. The fourth-order valence-corrected chi connectivity index (χ4v) is 4.89. The Hall–Kier alpha value is -1.78. The average molecular weight is 451 g/mol. The molecule has 0 unspecified atom stereocenters. The molecule has 2 aromatic carbocycles. The van der Waals surface area contributed by atoms with Crippen LogP contribution in [0.15, 0.2) is 35.2 Å². The maximum absolute atomic E-state index is 13.3. The number of hydrogen-bond donors (Lipinski definition) is 1. The van der Waals surface area contributed by atoms with Crippen molar-refractivity contribution in [3.63, 3.8) is 0 Å². The van der Waals surface area contributed by atoms with Gasteiger partial charge in [0.05, 0.1) is 28.8 Å². The molecule has 0 aromatic heterocycles. The van der Waals surface area contributed by atoms with Gasteiger partial charge >= 0.3 is 0 Å². The molecule has 1 fully saturated rings. The Morgan fingerprint density at radius 3 is 2.21 bits per heavy atom. The smallest absolute Gasteiger partial charge is 0.257 e. The second-order valence-electron chi connectivity index (χ2n) is 5.89. The van der Waals surface area contributed by atoms with Gasteiger partial charge in [0.25, 0.3) is 5.91 Å². The Labute approximate surface area is 170 Å². The number of anilines is 1.